The van der Waals surface area contributed by atoms with Crippen LogP contribution >= 0.6 is 0 Å². The highest BCUT2D eigenvalue weighted by atomic mass is 16.4. The first-order chi connectivity index (χ1) is 8.08. The van der Waals surface area contributed by atoms with E-state index < -0.39 is 0 Å². The molecule has 0 aromatic carbocycles. The maximum Gasteiger partial charge on any atom is 0.315 e. The molecule has 3 unspecified atom stereocenters. The van der Waals surface area contributed by atoms with E-state index in [9.17, 15) is 0 Å². The minimum absolute atomic E-state index is 0.0990. The molecule has 1 aromatic heterocycles. The summed E-state index contributed by atoms with van der Waals surface area (Å²) in [6, 6.07) is 0.947. The Bertz CT molecular complexity index is 326. The zero-order chi connectivity index (χ0) is 12.8. The number of nitrogens with one attached hydrogen (secondary N) is 2. The Kier molecular flexibility index (Phi) is 5.41. The van der Waals surface area contributed by atoms with Crippen LogP contribution in [0.1, 0.15) is 53.0 Å². The van der Waals surface area contributed by atoms with E-state index in [0.29, 0.717) is 23.9 Å². The Hall–Kier alpha value is -1.10. The molecule has 0 saturated heterocycles. The number of hydrogen-bond donors (Lipinski definition) is 2. The first kappa shape index (κ1) is 14.0. The molecular formula is C12H24N4O. The maximum atomic E-state index is 5.57. The molecule has 1 aromatic rings. The molecule has 0 radical (unpaired) electrons. The zero-order valence-electron chi connectivity index (χ0n) is 11.4. The van der Waals surface area contributed by atoms with E-state index in [2.05, 4.69) is 48.5 Å². The summed E-state index contributed by atoms with van der Waals surface area (Å²) in [5, 5.41) is 14.5. The zero-order valence-corrected chi connectivity index (χ0v) is 11.4. The minimum atomic E-state index is 0.0990. The number of aromatic nitrogens is 2. The fraction of sp³-hybridized carbons (Fsp3) is 0.833. The fourth-order valence-electron chi connectivity index (χ4n) is 1.55. The molecule has 0 spiro atoms. The molecular weight excluding hydrogens is 216 g/mol. The van der Waals surface area contributed by atoms with Gasteiger partial charge in [-0.05, 0) is 26.3 Å². The van der Waals surface area contributed by atoms with Crippen molar-refractivity contribution in [2.45, 2.75) is 53.1 Å². The Morgan fingerprint density at radius 2 is 1.88 bits per heavy atom. The van der Waals surface area contributed by atoms with E-state index in [0.717, 1.165) is 13.0 Å². The number of anilines is 1. The van der Waals surface area contributed by atoms with E-state index in [1.165, 1.54) is 0 Å². The van der Waals surface area contributed by atoms with Gasteiger partial charge in [0.15, 0.2) is 0 Å². The Morgan fingerprint density at radius 3 is 2.47 bits per heavy atom. The van der Waals surface area contributed by atoms with Crippen molar-refractivity contribution in [1.29, 1.82) is 0 Å². The topological polar surface area (TPSA) is 63.0 Å². The predicted molar refractivity (Wildman–Crippen MR) is 68.9 cm³/mol. The lowest BCUT2D eigenvalue weighted by Gasteiger charge is -2.18. The smallest absolute Gasteiger partial charge is 0.315 e. The van der Waals surface area contributed by atoms with Crippen LogP contribution in [0, 0.1) is 5.92 Å². The summed E-state index contributed by atoms with van der Waals surface area (Å²) in [4.78, 5) is 0. The van der Waals surface area contributed by atoms with Crippen molar-refractivity contribution in [1.82, 2.24) is 15.5 Å². The molecule has 0 aliphatic rings. The third kappa shape index (κ3) is 4.00. The lowest BCUT2D eigenvalue weighted by Crippen LogP contribution is -2.23. The number of nitrogens with zero attached hydrogens (tertiary/aromatic N) is 2. The summed E-state index contributed by atoms with van der Waals surface area (Å²) in [6.07, 6.45) is 1.13. The van der Waals surface area contributed by atoms with Crippen LogP contribution in [0.15, 0.2) is 4.42 Å². The molecule has 98 valence electrons. The SMILES string of the molecule is CCNC(C)c1nnc(NC(C)C(C)CC)o1. The molecule has 3 atom stereocenters. The Morgan fingerprint density at radius 1 is 1.18 bits per heavy atom. The van der Waals surface area contributed by atoms with E-state index in [1.54, 1.807) is 0 Å². The molecule has 2 N–H and O–H groups in total. The van der Waals surface area contributed by atoms with Crippen LogP contribution in [-0.4, -0.2) is 22.8 Å². The number of rotatable bonds is 7. The minimum Gasteiger partial charge on any atom is -0.406 e. The summed E-state index contributed by atoms with van der Waals surface area (Å²) in [6.45, 7) is 11.5. The van der Waals surface area contributed by atoms with Gasteiger partial charge in [0.25, 0.3) is 0 Å². The van der Waals surface area contributed by atoms with Crippen molar-refractivity contribution < 1.29 is 4.42 Å². The molecule has 0 saturated carbocycles. The highest BCUT2D eigenvalue weighted by Gasteiger charge is 2.16. The molecule has 17 heavy (non-hydrogen) atoms. The Balaban J connectivity index is 2.56. The standard InChI is InChI=1S/C12H24N4O/c1-6-8(3)9(4)14-12-16-15-11(17-12)10(5)13-7-2/h8-10,13H,6-7H2,1-5H3,(H,14,16). The summed E-state index contributed by atoms with van der Waals surface area (Å²) >= 11 is 0. The quantitative estimate of drug-likeness (QED) is 0.767. The van der Waals surface area contributed by atoms with Crippen molar-refractivity contribution in [2.24, 2.45) is 5.92 Å². The normalized spacial score (nSPS) is 16.5. The predicted octanol–water partition coefficient (Wildman–Crippen LogP) is 2.59. The molecule has 0 bridgehead atoms. The molecule has 5 heteroatoms. The van der Waals surface area contributed by atoms with Gasteiger partial charge >= 0.3 is 6.01 Å². The van der Waals surface area contributed by atoms with Gasteiger partial charge in [-0.3, -0.25) is 0 Å². The highest BCUT2D eigenvalue weighted by molar-refractivity contribution is 5.19. The van der Waals surface area contributed by atoms with Gasteiger partial charge in [-0.15, -0.1) is 5.10 Å². The van der Waals surface area contributed by atoms with Gasteiger partial charge in [-0.2, -0.15) is 0 Å². The van der Waals surface area contributed by atoms with E-state index in [-0.39, 0.29) is 6.04 Å². The molecule has 0 fully saturated rings. The van der Waals surface area contributed by atoms with Crippen LogP contribution in [0.4, 0.5) is 6.01 Å². The molecule has 5 nitrogen and oxygen atoms in total. The van der Waals surface area contributed by atoms with Gasteiger partial charge in [0.05, 0.1) is 6.04 Å². The summed E-state index contributed by atoms with van der Waals surface area (Å²) in [5.41, 5.74) is 0. The van der Waals surface area contributed by atoms with Crippen LogP contribution in [0.5, 0.6) is 0 Å². The van der Waals surface area contributed by atoms with Crippen LogP contribution < -0.4 is 10.6 Å². The molecule has 0 aliphatic carbocycles. The van der Waals surface area contributed by atoms with Crippen LogP contribution in [0.2, 0.25) is 0 Å². The summed E-state index contributed by atoms with van der Waals surface area (Å²) in [7, 11) is 0. The second-order valence-corrected chi connectivity index (χ2v) is 4.54. The van der Waals surface area contributed by atoms with Gasteiger partial charge in [0.1, 0.15) is 0 Å². The lowest BCUT2D eigenvalue weighted by molar-refractivity contribution is 0.418. The van der Waals surface area contributed by atoms with Crippen molar-refractivity contribution >= 4 is 6.01 Å². The van der Waals surface area contributed by atoms with Crippen LogP contribution in [-0.2, 0) is 0 Å². The third-order valence-corrected chi connectivity index (χ3v) is 3.17. The summed E-state index contributed by atoms with van der Waals surface area (Å²) < 4.78 is 5.57. The van der Waals surface area contributed by atoms with Gasteiger partial charge in [0, 0.05) is 6.04 Å². The van der Waals surface area contributed by atoms with Crippen LogP contribution in [0.25, 0.3) is 0 Å². The average molecular weight is 240 g/mol. The second-order valence-electron chi connectivity index (χ2n) is 4.54. The average Bonchev–Trinajstić information content (AvgIpc) is 2.76. The van der Waals surface area contributed by atoms with Crippen molar-refractivity contribution in [3.8, 4) is 0 Å². The maximum absolute atomic E-state index is 5.57. The largest absolute Gasteiger partial charge is 0.406 e. The first-order valence-corrected chi connectivity index (χ1v) is 6.41. The van der Waals surface area contributed by atoms with E-state index in [1.807, 2.05) is 6.92 Å². The van der Waals surface area contributed by atoms with Gasteiger partial charge in [0.2, 0.25) is 5.89 Å². The lowest BCUT2D eigenvalue weighted by atomic mass is 10.0. The van der Waals surface area contributed by atoms with Crippen molar-refractivity contribution in [3.63, 3.8) is 0 Å². The molecule has 1 rings (SSSR count). The summed E-state index contributed by atoms with van der Waals surface area (Å²) in [5.74, 6) is 1.21. The molecule has 1 heterocycles. The van der Waals surface area contributed by atoms with Gasteiger partial charge < -0.3 is 15.1 Å². The van der Waals surface area contributed by atoms with Gasteiger partial charge in [-0.1, -0.05) is 32.3 Å². The monoisotopic (exact) mass is 240 g/mol. The molecule has 0 aliphatic heterocycles. The van der Waals surface area contributed by atoms with Crippen LogP contribution in [0.3, 0.4) is 0 Å². The first-order valence-electron chi connectivity index (χ1n) is 6.41. The van der Waals surface area contributed by atoms with E-state index >= 15 is 0 Å². The molecule has 0 amide bonds. The number of hydrogen-bond acceptors (Lipinski definition) is 5. The second kappa shape index (κ2) is 6.59. The highest BCUT2D eigenvalue weighted by Crippen LogP contribution is 2.16. The van der Waals surface area contributed by atoms with Crippen molar-refractivity contribution in [3.05, 3.63) is 5.89 Å². The van der Waals surface area contributed by atoms with Gasteiger partial charge in [-0.25, -0.2) is 0 Å². The van der Waals surface area contributed by atoms with E-state index in [4.69, 9.17) is 4.42 Å². The fourth-order valence-corrected chi connectivity index (χ4v) is 1.55. The van der Waals surface area contributed by atoms with Crippen molar-refractivity contribution in [2.75, 3.05) is 11.9 Å². The third-order valence-electron chi connectivity index (χ3n) is 3.17. The Labute approximate surface area is 103 Å².